The number of hydrogen-bond acceptors (Lipinski definition) is 5. The molecule has 0 fully saturated rings. The normalized spacial score (nSPS) is 10.2. The van der Waals surface area contributed by atoms with Crippen molar-refractivity contribution in [1.82, 2.24) is 20.5 Å². The van der Waals surface area contributed by atoms with Crippen LogP contribution in [0.25, 0.3) is 0 Å². The minimum atomic E-state index is -0.553. The van der Waals surface area contributed by atoms with Crippen LogP contribution in [0.5, 0.6) is 0 Å². The van der Waals surface area contributed by atoms with Crippen LogP contribution in [0.4, 0.5) is 5.69 Å². The fourth-order valence-electron chi connectivity index (χ4n) is 2.21. The van der Waals surface area contributed by atoms with E-state index in [2.05, 4.69) is 25.8 Å². The van der Waals surface area contributed by atoms with Gasteiger partial charge in [0.15, 0.2) is 5.78 Å². The van der Waals surface area contributed by atoms with E-state index in [1.54, 1.807) is 48.5 Å². The SMILES string of the molecule is O=C(CNC(=O)c1[nH]ncc1NC(=O)c1ccccn1)c1ccccc1. The molecule has 0 spiro atoms. The van der Waals surface area contributed by atoms with Crippen molar-refractivity contribution in [2.24, 2.45) is 0 Å². The molecular weight excluding hydrogens is 334 g/mol. The number of amides is 2. The van der Waals surface area contributed by atoms with Crippen LogP contribution in [0.2, 0.25) is 0 Å². The Balaban J connectivity index is 1.63. The van der Waals surface area contributed by atoms with Crippen molar-refractivity contribution < 1.29 is 14.4 Å². The van der Waals surface area contributed by atoms with E-state index < -0.39 is 11.8 Å². The maximum Gasteiger partial charge on any atom is 0.274 e. The largest absolute Gasteiger partial charge is 0.343 e. The molecule has 3 rings (SSSR count). The molecule has 8 heteroatoms. The molecule has 0 saturated heterocycles. The molecule has 0 aliphatic carbocycles. The number of pyridine rings is 1. The summed E-state index contributed by atoms with van der Waals surface area (Å²) in [5.74, 6) is -1.25. The number of H-pyrrole nitrogens is 1. The van der Waals surface area contributed by atoms with Crippen molar-refractivity contribution in [2.75, 3.05) is 11.9 Å². The summed E-state index contributed by atoms with van der Waals surface area (Å²) < 4.78 is 0. The average Bonchev–Trinajstić information content (AvgIpc) is 3.15. The number of ketones is 1. The van der Waals surface area contributed by atoms with Crippen LogP contribution in [0.1, 0.15) is 31.3 Å². The second-order valence-electron chi connectivity index (χ2n) is 5.30. The topological polar surface area (TPSA) is 117 Å². The summed E-state index contributed by atoms with van der Waals surface area (Å²) in [4.78, 5) is 40.4. The lowest BCUT2D eigenvalue weighted by Crippen LogP contribution is -2.30. The van der Waals surface area contributed by atoms with Gasteiger partial charge in [-0.25, -0.2) is 0 Å². The van der Waals surface area contributed by atoms with Gasteiger partial charge in [-0.1, -0.05) is 36.4 Å². The number of nitrogens with one attached hydrogen (secondary N) is 3. The van der Waals surface area contributed by atoms with Gasteiger partial charge in [0.05, 0.1) is 18.4 Å². The second kappa shape index (κ2) is 7.84. The summed E-state index contributed by atoms with van der Waals surface area (Å²) in [6, 6.07) is 13.6. The summed E-state index contributed by atoms with van der Waals surface area (Å²) >= 11 is 0. The molecule has 0 radical (unpaired) electrons. The molecule has 8 nitrogen and oxygen atoms in total. The van der Waals surface area contributed by atoms with Crippen molar-refractivity contribution in [2.45, 2.75) is 0 Å². The van der Waals surface area contributed by atoms with E-state index in [0.29, 0.717) is 5.56 Å². The van der Waals surface area contributed by atoms with E-state index in [0.717, 1.165) is 0 Å². The lowest BCUT2D eigenvalue weighted by Gasteiger charge is -2.06. The highest BCUT2D eigenvalue weighted by Crippen LogP contribution is 2.12. The molecule has 26 heavy (non-hydrogen) atoms. The summed E-state index contributed by atoms with van der Waals surface area (Å²) in [5, 5.41) is 11.4. The fourth-order valence-corrected chi connectivity index (χ4v) is 2.21. The highest BCUT2D eigenvalue weighted by molar-refractivity contribution is 6.08. The third kappa shape index (κ3) is 3.99. The van der Waals surface area contributed by atoms with E-state index >= 15 is 0 Å². The highest BCUT2D eigenvalue weighted by Gasteiger charge is 2.18. The van der Waals surface area contributed by atoms with Crippen molar-refractivity contribution >= 4 is 23.3 Å². The zero-order chi connectivity index (χ0) is 18.4. The molecule has 2 heterocycles. The van der Waals surface area contributed by atoms with Crippen molar-refractivity contribution in [3.63, 3.8) is 0 Å². The Morgan fingerprint density at radius 3 is 2.46 bits per heavy atom. The van der Waals surface area contributed by atoms with Crippen LogP contribution in [0.15, 0.2) is 60.9 Å². The monoisotopic (exact) mass is 349 g/mol. The maximum atomic E-state index is 12.3. The maximum absolute atomic E-state index is 12.3. The Labute approximate surface area is 148 Å². The third-order valence-corrected chi connectivity index (χ3v) is 3.52. The van der Waals surface area contributed by atoms with E-state index in [4.69, 9.17) is 0 Å². The second-order valence-corrected chi connectivity index (χ2v) is 5.30. The Kier molecular flexibility index (Phi) is 5.14. The third-order valence-electron chi connectivity index (χ3n) is 3.52. The predicted molar refractivity (Wildman–Crippen MR) is 93.9 cm³/mol. The van der Waals surface area contributed by atoms with Crippen molar-refractivity contribution in [1.29, 1.82) is 0 Å². The minimum Gasteiger partial charge on any atom is -0.343 e. The number of anilines is 1. The van der Waals surface area contributed by atoms with Crippen molar-refractivity contribution in [3.8, 4) is 0 Å². The van der Waals surface area contributed by atoms with Gasteiger partial charge in [0.25, 0.3) is 11.8 Å². The van der Waals surface area contributed by atoms with Crippen LogP contribution in [-0.4, -0.2) is 39.3 Å². The van der Waals surface area contributed by atoms with Gasteiger partial charge < -0.3 is 10.6 Å². The van der Waals surface area contributed by atoms with Gasteiger partial charge in [0.2, 0.25) is 0 Å². The molecule has 130 valence electrons. The zero-order valence-electron chi connectivity index (χ0n) is 13.6. The van der Waals surface area contributed by atoms with Gasteiger partial charge in [-0.15, -0.1) is 0 Å². The number of nitrogens with zero attached hydrogens (tertiary/aromatic N) is 2. The van der Waals surface area contributed by atoms with E-state index in [1.807, 2.05) is 0 Å². The average molecular weight is 349 g/mol. The summed E-state index contributed by atoms with van der Waals surface area (Å²) in [7, 11) is 0. The van der Waals surface area contributed by atoms with Crippen LogP contribution < -0.4 is 10.6 Å². The first kappa shape index (κ1) is 17.0. The number of carbonyl (C=O) groups is 3. The van der Waals surface area contributed by atoms with Gasteiger partial charge in [-0.3, -0.25) is 24.5 Å². The molecular formula is C18H15N5O3. The molecule has 3 N–H and O–H groups in total. The first-order chi connectivity index (χ1) is 12.6. The summed E-state index contributed by atoms with van der Waals surface area (Å²) in [6.45, 7) is -0.171. The molecule has 0 atom stereocenters. The van der Waals surface area contributed by atoms with Gasteiger partial charge in [0, 0.05) is 11.8 Å². The van der Waals surface area contributed by atoms with Crippen LogP contribution in [0.3, 0.4) is 0 Å². The Bertz CT molecular complexity index is 922. The number of carbonyl (C=O) groups excluding carboxylic acids is 3. The quantitative estimate of drug-likeness (QED) is 0.585. The lowest BCUT2D eigenvalue weighted by atomic mass is 10.1. The first-order valence-electron chi connectivity index (χ1n) is 7.77. The van der Waals surface area contributed by atoms with E-state index in [1.165, 1.54) is 12.4 Å². The van der Waals surface area contributed by atoms with Gasteiger partial charge in [-0.05, 0) is 12.1 Å². The molecule has 0 saturated carbocycles. The molecule has 0 unspecified atom stereocenters. The van der Waals surface area contributed by atoms with Crippen LogP contribution in [-0.2, 0) is 0 Å². The standard InChI is InChI=1S/C18H15N5O3/c24-15(12-6-2-1-3-7-12)11-20-18(26)16-14(10-21-23-16)22-17(25)13-8-4-5-9-19-13/h1-10H,11H2,(H,20,26)(H,21,23)(H,22,25). The molecule has 3 aromatic rings. The predicted octanol–water partition coefficient (Wildman–Crippen LogP) is 1.67. The van der Waals surface area contributed by atoms with Crippen molar-refractivity contribution in [3.05, 3.63) is 77.9 Å². The molecule has 1 aromatic carbocycles. The fraction of sp³-hybridized carbons (Fsp3) is 0.0556. The Hall–Kier alpha value is -3.81. The summed E-state index contributed by atoms with van der Waals surface area (Å²) in [5.41, 5.74) is 0.959. The number of rotatable bonds is 6. The smallest absolute Gasteiger partial charge is 0.274 e. The van der Waals surface area contributed by atoms with Crippen LogP contribution in [0, 0.1) is 0 Å². The lowest BCUT2D eigenvalue weighted by molar-refractivity contribution is 0.0901. The number of benzene rings is 1. The first-order valence-corrected chi connectivity index (χ1v) is 7.77. The number of aromatic nitrogens is 3. The van der Waals surface area contributed by atoms with Crippen LogP contribution >= 0.6 is 0 Å². The molecule has 0 aliphatic rings. The molecule has 2 amide bonds. The van der Waals surface area contributed by atoms with E-state index in [-0.39, 0.29) is 29.4 Å². The van der Waals surface area contributed by atoms with E-state index in [9.17, 15) is 14.4 Å². The molecule has 0 bridgehead atoms. The Morgan fingerprint density at radius 1 is 0.962 bits per heavy atom. The number of aromatic amines is 1. The minimum absolute atomic E-state index is 0.0511. The van der Waals surface area contributed by atoms with Gasteiger partial charge in [-0.2, -0.15) is 5.10 Å². The number of Topliss-reactive ketones (excluding diaryl/α,β-unsaturated/α-hetero) is 1. The highest BCUT2D eigenvalue weighted by atomic mass is 16.2. The van der Waals surface area contributed by atoms with Gasteiger partial charge in [0.1, 0.15) is 11.4 Å². The molecule has 0 aliphatic heterocycles. The van der Waals surface area contributed by atoms with Gasteiger partial charge >= 0.3 is 0 Å². The number of hydrogen-bond donors (Lipinski definition) is 3. The zero-order valence-corrected chi connectivity index (χ0v) is 13.6. The Morgan fingerprint density at radius 2 is 1.73 bits per heavy atom. The molecule has 2 aromatic heterocycles. The summed E-state index contributed by atoms with van der Waals surface area (Å²) in [6.07, 6.45) is 2.81.